The molecule has 10 heteroatoms. The molecule has 2 aromatic heterocycles. The number of nitro groups is 1. The number of aromatic nitrogens is 2. The van der Waals surface area contributed by atoms with Crippen molar-refractivity contribution >= 4 is 33.8 Å². The Kier molecular flexibility index (Phi) is 3.71. The molecular weight excluding hydrogens is 310 g/mol. The van der Waals surface area contributed by atoms with E-state index in [4.69, 9.17) is 10.5 Å². The number of amides is 1. The van der Waals surface area contributed by atoms with E-state index in [1.807, 2.05) is 0 Å². The first-order valence-electron chi connectivity index (χ1n) is 6.75. The highest BCUT2D eigenvalue weighted by Crippen LogP contribution is 2.33. The van der Waals surface area contributed by atoms with Crippen LogP contribution in [-0.4, -0.2) is 40.0 Å². The Bertz CT molecular complexity index is 718. The molecule has 0 unspecified atom stereocenters. The maximum absolute atomic E-state index is 11.8. The van der Waals surface area contributed by atoms with Crippen LogP contribution in [0.3, 0.4) is 0 Å². The minimum atomic E-state index is -0.761. The van der Waals surface area contributed by atoms with Crippen LogP contribution in [-0.2, 0) is 9.53 Å². The number of hydrogen-bond acceptors (Lipinski definition) is 7. The monoisotopic (exact) mass is 325 g/mol. The molecule has 0 aliphatic carbocycles. The van der Waals surface area contributed by atoms with E-state index in [0.29, 0.717) is 31.0 Å². The summed E-state index contributed by atoms with van der Waals surface area (Å²) in [5.41, 5.74) is 4.77. The minimum Gasteiger partial charge on any atom is -0.381 e. The molecule has 3 rings (SSSR count). The Morgan fingerprint density at radius 2 is 2.32 bits per heavy atom. The Morgan fingerprint density at radius 1 is 1.59 bits per heavy atom. The first-order chi connectivity index (χ1) is 10.5. The Morgan fingerprint density at radius 3 is 2.95 bits per heavy atom. The molecule has 9 nitrogen and oxygen atoms in total. The van der Waals surface area contributed by atoms with E-state index in [-0.39, 0.29) is 18.2 Å². The number of hydrogen-bond donors (Lipinski definition) is 2. The number of ether oxygens (including phenoxy) is 1. The van der Waals surface area contributed by atoms with Crippen LogP contribution in [0.1, 0.15) is 12.8 Å². The van der Waals surface area contributed by atoms with E-state index < -0.39 is 16.2 Å². The number of rotatable bonds is 5. The molecule has 1 aliphatic rings. The van der Waals surface area contributed by atoms with Gasteiger partial charge in [-0.05, 0) is 17.8 Å². The van der Waals surface area contributed by atoms with Crippen molar-refractivity contribution in [1.82, 2.24) is 9.38 Å². The largest absolute Gasteiger partial charge is 0.381 e. The van der Waals surface area contributed by atoms with Crippen LogP contribution < -0.4 is 11.1 Å². The average molecular weight is 325 g/mol. The zero-order chi connectivity index (χ0) is 15.7. The van der Waals surface area contributed by atoms with Crippen molar-refractivity contribution in [3.8, 4) is 0 Å². The number of imidazole rings is 1. The van der Waals surface area contributed by atoms with Crippen LogP contribution in [0.4, 0.5) is 11.6 Å². The van der Waals surface area contributed by atoms with Gasteiger partial charge in [-0.25, -0.2) is 0 Å². The van der Waals surface area contributed by atoms with Crippen molar-refractivity contribution in [3.05, 3.63) is 21.7 Å². The lowest BCUT2D eigenvalue weighted by molar-refractivity contribution is -0.389. The minimum absolute atomic E-state index is 0.136. The summed E-state index contributed by atoms with van der Waals surface area (Å²) in [6, 6.07) is 0. The number of nitrogens with one attached hydrogen (secondary N) is 1. The number of carbonyl (C=O) groups excluding carboxylic acids is 1. The highest BCUT2D eigenvalue weighted by molar-refractivity contribution is 7.15. The number of primary amides is 1. The number of nitrogens with zero attached hydrogens (tertiary/aromatic N) is 3. The molecule has 0 saturated carbocycles. The third kappa shape index (κ3) is 2.40. The normalized spacial score (nSPS) is 17.5. The maximum Gasteiger partial charge on any atom is 0.372 e. The van der Waals surface area contributed by atoms with Crippen LogP contribution in [0.15, 0.2) is 11.6 Å². The van der Waals surface area contributed by atoms with E-state index in [0.717, 1.165) is 0 Å². The van der Waals surface area contributed by atoms with Gasteiger partial charge in [0.25, 0.3) is 4.96 Å². The van der Waals surface area contributed by atoms with E-state index in [9.17, 15) is 14.9 Å². The van der Waals surface area contributed by atoms with Gasteiger partial charge in [0.15, 0.2) is 0 Å². The number of anilines is 1. The predicted octanol–water partition coefficient (Wildman–Crippen LogP) is 0.998. The molecule has 3 heterocycles. The molecule has 1 aliphatic heterocycles. The first-order valence-corrected chi connectivity index (χ1v) is 7.63. The maximum atomic E-state index is 11.8. The quantitative estimate of drug-likeness (QED) is 0.624. The van der Waals surface area contributed by atoms with Crippen LogP contribution in [0, 0.1) is 15.5 Å². The van der Waals surface area contributed by atoms with Gasteiger partial charge in [-0.3, -0.25) is 4.79 Å². The van der Waals surface area contributed by atoms with Crippen LogP contribution >= 0.6 is 11.3 Å². The smallest absolute Gasteiger partial charge is 0.372 e. The fourth-order valence-electron chi connectivity index (χ4n) is 2.59. The summed E-state index contributed by atoms with van der Waals surface area (Å²) in [4.78, 5) is 27.3. The van der Waals surface area contributed by atoms with Gasteiger partial charge in [0.1, 0.15) is 6.20 Å². The third-order valence-electron chi connectivity index (χ3n) is 3.98. The SMILES string of the molecule is NC(=O)C1(CNc2nc3sccn3c2[N+](=O)[O-])CCOCC1. The summed E-state index contributed by atoms with van der Waals surface area (Å²) < 4.78 is 6.67. The fraction of sp³-hybridized carbons (Fsp3) is 0.500. The molecule has 1 fully saturated rings. The number of thiazole rings is 1. The standard InChI is InChI=1S/C12H15N5O4S/c13-10(18)12(1-4-21-5-2-12)7-14-8-9(17(19)20)16-3-6-22-11(16)15-8/h3,6,14H,1-2,4-5,7H2,(H2,13,18). The zero-order valence-corrected chi connectivity index (χ0v) is 12.5. The van der Waals surface area contributed by atoms with E-state index in [2.05, 4.69) is 10.3 Å². The van der Waals surface area contributed by atoms with Crippen molar-refractivity contribution in [2.75, 3.05) is 25.1 Å². The molecule has 1 amide bonds. The van der Waals surface area contributed by atoms with Crippen molar-refractivity contribution < 1.29 is 14.5 Å². The van der Waals surface area contributed by atoms with Gasteiger partial charge in [-0.15, -0.1) is 0 Å². The zero-order valence-electron chi connectivity index (χ0n) is 11.7. The van der Waals surface area contributed by atoms with Gasteiger partial charge in [0.05, 0.1) is 5.41 Å². The van der Waals surface area contributed by atoms with E-state index in [1.54, 1.807) is 11.6 Å². The van der Waals surface area contributed by atoms with Gasteiger partial charge < -0.3 is 25.9 Å². The number of fused-ring (bicyclic) bond motifs is 1. The topological polar surface area (TPSA) is 125 Å². The summed E-state index contributed by atoms with van der Waals surface area (Å²) in [7, 11) is 0. The van der Waals surface area contributed by atoms with Crippen LogP contribution in [0.25, 0.3) is 4.96 Å². The fourth-order valence-corrected chi connectivity index (χ4v) is 3.30. The second kappa shape index (κ2) is 5.54. The molecular formula is C12H15N5O4S. The molecule has 2 aromatic rings. The van der Waals surface area contributed by atoms with Gasteiger partial charge >= 0.3 is 5.82 Å². The summed E-state index contributed by atoms with van der Waals surface area (Å²) >= 11 is 1.30. The second-order valence-corrected chi connectivity index (χ2v) is 6.08. The second-order valence-electron chi connectivity index (χ2n) is 5.21. The molecule has 0 bridgehead atoms. The van der Waals surface area contributed by atoms with E-state index >= 15 is 0 Å². The van der Waals surface area contributed by atoms with Crippen molar-refractivity contribution in [2.24, 2.45) is 11.1 Å². The summed E-state index contributed by atoms with van der Waals surface area (Å²) in [6.45, 7) is 1.10. The van der Waals surface area contributed by atoms with Gasteiger partial charge in [0.2, 0.25) is 11.7 Å². The summed E-state index contributed by atoms with van der Waals surface area (Å²) in [5.74, 6) is -0.404. The van der Waals surface area contributed by atoms with Crippen molar-refractivity contribution in [2.45, 2.75) is 12.8 Å². The highest BCUT2D eigenvalue weighted by atomic mass is 32.1. The Balaban J connectivity index is 1.86. The Labute approximate surface area is 129 Å². The molecule has 1 saturated heterocycles. The van der Waals surface area contributed by atoms with Gasteiger partial charge in [-0.1, -0.05) is 11.3 Å². The lowest BCUT2D eigenvalue weighted by atomic mass is 9.79. The molecule has 0 radical (unpaired) electrons. The third-order valence-corrected chi connectivity index (χ3v) is 4.73. The number of carbonyl (C=O) groups is 1. The highest BCUT2D eigenvalue weighted by Gasteiger charge is 2.39. The lowest BCUT2D eigenvalue weighted by Crippen LogP contribution is -2.46. The van der Waals surface area contributed by atoms with Crippen LogP contribution in [0.5, 0.6) is 0 Å². The molecule has 22 heavy (non-hydrogen) atoms. The van der Waals surface area contributed by atoms with E-state index in [1.165, 1.54) is 15.7 Å². The number of nitrogens with two attached hydrogens (primary N) is 1. The molecule has 118 valence electrons. The first kappa shape index (κ1) is 14.7. The molecule has 0 aromatic carbocycles. The average Bonchev–Trinajstić information content (AvgIpc) is 3.05. The lowest BCUT2D eigenvalue weighted by Gasteiger charge is -2.34. The molecule has 0 spiro atoms. The predicted molar refractivity (Wildman–Crippen MR) is 79.9 cm³/mol. The van der Waals surface area contributed by atoms with Gasteiger partial charge in [-0.2, -0.15) is 9.38 Å². The van der Waals surface area contributed by atoms with Crippen molar-refractivity contribution in [3.63, 3.8) is 0 Å². The Hall–Kier alpha value is -2.20. The molecule has 0 atom stereocenters. The van der Waals surface area contributed by atoms with Crippen LogP contribution in [0.2, 0.25) is 0 Å². The molecule has 3 N–H and O–H groups in total. The van der Waals surface area contributed by atoms with Gasteiger partial charge in [0, 0.05) is 25.1 Å². The summed E-state index contributed by atoms with van der Waals surface area (Å²) in [5, 5.41) is 15.9. The van der Waals surface area contributed by atoms with Crippen molar-refractivity contribution in [1.29, 1.82) is 0 Å². The summed E-state index contributed by atoms with van der Waals surface area (Å²) in [6.07, 6.45) is 2.57.